The molecule has 17 heteroatoms. The smallest absolute Gasteiger partial charge is 0.217 e. The van der Waals surface area contributed by atoms with Crippen LogP contribution in [0.1, 0.15) is 6.92 Å². The molecule has 0 aliphatic carbocycles. The Hall–Kier alpha value is -1.13. The molecule has 1 amide bonds. The lowest BCUT2D eigenvalue weighted by Gasteiger charge is -2.49. The van der Waals surface area contributed by atoms with E-state index in [0.717, 1.165) is 6.92 Å². The highest BCUT2D eigenvalue weighted by molar-refractivity contribution is 5.73. The van der Waals surface area contributed by atoms with E-state index >= 15 is 0 Å². The molecule has 0 unspecified atom stereocenters. The third kappa shape index (κ3) is 6.43. The second-order valence-corrected chi connectivity index (χ2v) is 9.28. The maximum atomic E-state index is 11.9. The van der Waals surface area contributed by atoms with Gasteiger partial charge in [0, 0.05) is 14.0 Å². The normalized spacial score (nSPS) is 48.0. The summed E-state index contributed by atoms with van der Waals surface area (Å²) in [6, 6.07) is -1.43. The van der Waals surface area contributed by atoms with Crippen molar-refractivity contribution in [1.29, 1.82) is 0 Å². The minimum Gasteiger partial charge on any atom is -0.394 e. The van der Waals surface area contributed by atoms with Gasteiger partial charge >= 0.3 is 0 Å². The highest BCUT2D eigenvalue weighted by atomic mass is 16.8. The van der Waals surface area contributed by atoms with Gasteiger partial charge in [0.15, 0.2) is 18.9 Å². The molecule has 0 radical (unpaired) electrons. The molecule has 3 aliphatic heterocycles. The Labute approximate surface area is 217 Å². The van der Waals surface area contributed by atoms with Crippen LogP contribution in [0.25, 0.3) is 0 Å². The summed E-state index contributed by atoms with van der Waals surface area (Å²) in [6.45, 7) is -1.04. The molecule has 3 fully saturated rings. The number of aliphatic hydroxyl groups excluding tert-OH is 9. The number of hydrogen-bond donors (Lipinski definition) is 10. The summed E-state index contributed by atoms with van der Waals surface area (Å²) >= 11 is 0. The van der Waals surface area contributed by atoms with Gasteiger partial charge in [-0.25, -0.2) is 0 Å². The van der Waals surface area contributed by atoms with E-state index in [0.29, 0.717) is 0 Å². The molecule has 3 heterocycles. The van der Waals surface area contributed by atoms with Crippen LogP contribution in [0.5, 0.6) is 0 Å². The minimum atomic E-state index is -1.83. The molecule has 0 spiro atoms. The van der Waals surface area contributed by atoms with Crippen molar-refractivity contribution in [2.45, 2.75) is 99.0 Å². The van der Waals surface area contributed by atoms with Crippen molar-refractivity contribution in [1.82, 2.24) is 5.32 Å². The van der Waals surface area contributed by atoms with Crippen molar-refractivity contribution >= 4 is 5.91 Å². The van der Waals surface area contributed by atoms with Crippen molar-refractivity contribution in [3.05, 3.63) is 0 Å². The first-order valence-electron chi connectivity index (χ1n) is 12.0. The van der Waals surface area contributed by atoms with Crippen LogP contribution in [-0.4, -0.2) is 171 Å². The first kappa shape index (κ1) is 31.4. The molecule has 3 aliphatic rings. The van der Waals surface area contributed by atoms with Crippen molar-refractivity contribution < 1.29 is 79.2 Å². The van der Waals surface area contributed by atoms with Crippen LogP contribution in [-0.2, 0) is 33.2 Å². The van der Waals surface area contributed by atoms with Crippen LogP contribution in [0.2, 0.25) is 0 Å². The predicted octanol–water partition coefficient (Wildman–Crippen LogP) is -6.78. The van der Waals surface area contributed by atoms with Gasteiger partial charge in [0.1, 0.15) is 73.2 Å². The summed E-state index contributed by atoms with van der Waals surface area (Å²) in [6.07, 6.45) is -21.7. The van der Waals surface area contributed by atoms with Gasteiger partial charge in [-0.05, 0) is 0 Å². The minimum absolute atomic E-state index is 0.637. The maximum absolute atomic E-state index is 11.9. The molecule has 0 aromatic carbocycles. The summed E-state index contributed by atoms with van der Waals surface area (Å²) in [7, 11) is 1.21. The van der Waals surface area contributed by atoms with E-state index in [2.05, 4.69) is 5.32 Å². The van der Waals surface area contributed by atoms with E-state index in [4.69, 9.17) is 28.4 Å². The van der Waals surface area contributed by atoms with Crippen molar-refractivity contribution in [2.24, 2.45) is 0 Å². The average molecular weight is 560 g/mol. The molecule has 10 N–H and O–H groups in total. The van der Waals surface area contributed by atoms with Gasteiger partial charge in [0.25, 0.3) is 0 Å². The second kappa shape index (κ2) is 13.5. The summed E-state index contributed by atoms with van der Waals surface area (Å²) in [5.41, 5.74) is 0. The Morgan fingerprint density at radius 1 is 0.658 bits per heavy atom. The van der Waals surface area contributed by atoms with Gasteiger partial charge in [0.05, 0.1) is 19.8 Å². The van der Waals surface area contributed by atoms with Crippen LogP contribution in [0.3, 0.4) is 0 Å². The number of carbonyl (C=O) groups excluding carboxylic acids is 1. The Morgan fingerprint density at radius 3 is 1.68 bits per heavy atom. The van der Waals surface area contributed by atoms with E-state index in [1.807, 2.05) is 0 Å². The predicted molar refractivity (Wildman–Crippen MR) is 118 cm³/mol. The van der Waals surface area contributed by atoms with Gasteiger partial charge in [-0.2, -0.15) is 0 Å². The standard InChI is InChI=1S/C21H37NO16/c1-6(26)22-10-13(29)17(37-20-16(32)14(30)11(27)7(3-23)34-20)9(5-25)36-19(10)38-18-15(31)12(28)8(4-24)35-21(18)33-2/h7-21,23-25,27-32H,3-5H2,1-2H3,(H,22,26)/t7-,8-,9-,10-,11+,12-,13-,14+,15+,16-,17-,18+,19+,20+,21+/m1/s1. The number of amides is 1. The zero-order chi connectivity index (χ0) is 28.3. The molecule has 38 heavy (non-hydrogen) atoms. The van der Waals surface area contributed by atoms with Gasteiger partial charge in [-0.3, -0.25) is 4.79 Å². The molecule has 0 aromatic rings. The SMILES string of the molecule is CO[C@H]1O[C@H](CO)[C@@H](O)[C@H](O)[C@@H]1O[C@@H]1O[C@H](CO)[C@@H](O[C@@H]2O[C@H](CO)[C@H](O)[C@H](O)[C@H]2O)[C@H](O)[C@H]1NC(C)=O. The first-order chi connectivity index (χ1) is 18.0. The Balaban J connectivity index is 1.83. The Kier molecular flexibility index (Phi) is 11.1. The maximum Gasteiger partial charge on any atom is 0.217 e. The quantitative estimate of drug-likeness (QED) is 0.126. The zero-order valence-corrected chi connectivity index (χ0v) is 20.7. The average Bonchev–Trinajstić information content (AvgIpc) is 2.90. The third-order valence-electron chi connectivity index (χ3n) is 6.71. The molecule has 15 atom stereocenters. The van der Waals surface area contributed by atoms with Crippen LogP contribution in [0, 0.1) is 0 Å². The number of methoxy groups -OCH3 is 1. The lowest BCUT2D eigenvalue weighted by atomic mass is 9.94. The van der Waals surface area contributed by atoms with E-state index in [9.17, 15) is 50.8 Å². The number of hydrogen-bond acceptors (Lipinski definition) is 16. The third-order valence-corrected chi connectivity index (χ3v) is 6.71. The lowest BCUT2D eigenvalue weighted by molar-refractivity contribution is -0.370. The summed E-state index contributed by atoms with van der Waals surface area (Å²) in [5.74, 6) is -0.649. The van der Waals surface area contributed by atoms with E-state index in [1.165, 1.54) is 7.11 Å². The van der Waals surface area contributed by atoms with Crippen LogP contribution in [0.4, 0.5) is 0 Å². The lowest BCUT2D eigenvalue weighted by Crippen LogP contribution is -2.69. The van der Waals surface area contributed by atoms with Crippen LogP contribution >= 0.6 is 0 Å². The first-order valence-corrected chi connectivity index (χ1v) is 12.0. The number of nitrogens with one attached hydrogen (secondary N) is 1. The molecule has 17 nitrogen and oxygen atoms in total. The topological polar surface area (TPSA) is 267 Å². The molecule has 3 rings (SSSR count). The molecule has 0 saturated carbocycles. The molecular weight excluding hydrogens is 522 g/mol. The highest BCUT2D eigenvalue weighted by Gasteiger charge is 2.54. The van der Waals surface area contributed by atoms with Gasteiger partial charge in [-0.15, -0.1) is 0 Å². The fourth-order valence-electron chi connectivity index (χ4n) is 4.62. The number of aliphatic hydroxyl groups is 9. The van der Waals surface area contributed by atoms with E-state index < -0.39 is 118 Å². The van der Waals surface area contributed by atoms with Gasteiger partial charge < -0.3 is 79.7 Å². The molecular formula is C21H37NO16. The van der Waals surface area contributed by atoms with E-state index in [1.54, 1.807) is 0 Å². The van der Waals surface area contributed by atoms with E-state index in [-0.39, 0.29) is 0 Å². The summed E-state index contributed by atoms with van der Waals surface area (Å²) < 4.78 is 32.9. The highest BCUT2D eigenvalue weighted by Crippen LogP contribution is 2.32. The Morgan fingerprint density at radius 2 is 1.16 bits per heavy atom. The zero-order valence-electron chi connectivity index (χ0n) is 20.7. The number of carbonyl (C=O) groups is 1. The van der Waals surface area contributed by atoms with Crippen LogP contribution < -0.4 is 5.32 Å². The van der Waals surface area contributed by atoms with Gasteiger partial charge in [0.2, 0.25) is 5.91 Å². The summed E-state index contributed by atoms with van der Waals surface area (Å²) in [4.78, 5) is 11.9. The Bertz CT molecular complexity index is 759. The van der Waals surface area contributed by atoms with Crippen LogP contribution in [0.15, 0.2) is 0 Å². The van der Waals surface area contributed by atoms with Crippen molar-refractivity contribution in [3.63, 3.8) is 0 Å². The van der Waals surface area contributed by atoms with Crippen molar-refractivity contribution in [2.75, 3.05) is 26.9 Å². The second-order valence-electron chi connectivity index (χ2n) is 9.28. The fraction of sp³-hybridized carbons (Fsp3) is 0.952. The van der Waals surface area contributed by atoms with Gasteiger partial charge in [-0.1, -0.05) is 0 Å². The number of ether oxygens (including phenoxy) is 6. The fourth-order valence-corrected chi connectivity index (χ4v) is 4.62. The van der Waals surface area contributed by atoms with Crippen molar-refractivity contribution in [3.8, 4) is 0 Å². The number of rotatable bonds is 9. The monoisotopic (exact) mass is 559 g/mol. The summed E-state index contributed by atoms with van der Waals surface area (Å²) in [5, 5.41) is 93.5. The molecule has 0 bridgehead atoms. The molecule has 0 aromatic heterocycles. The molecule has 222 valence electrons. The largest absolute Gasteiger partial charge is 0.394 e. The molecule has 3 saturated heterocycles.